The van der Waals surface area contributed by atoms with E-state index in [9.17, 15) is 14.4 Å². The smallest absolute Gasteiger partial charge is 0.412 e. The molecule has 0 aliphatic carbocycles. The van der Waals surface area contributed by atoms with Crippen LogP contribution >= 0.6 is 0 Å². The summed E-state index contributed by atoms with van der Waals surface area (Å²) in [5, 5.41) is 22.1. The number of esters is 1. The highest BCUT2D eigenvalue weighted by Gasteiger charge is 2.29. The number of nitrogens with one attached hydrogen (secondary N) is 2. The third-order valence-corrected chi connectivity index (χ3v) is 5.62. The molecule has 1 aliphatic heterocycles. The number of fused-ring (bicyclic) bond motifs is 3. The Morgan fingerprint density at radius 1 is 1.08 bits per heavy atom. The Labute approximate surface area is 218 Å². The minimum absolute atomic E-state index is 0.0510. The van der Waals surface area contributed by atoms with Gasteiger partial charge in [-0.3, -0.25) is 20.3 Å². The Morgan fingerprint density at radius 3 is 2.58 bits per heavy atom. The van der Waals surface area contributed by atoms with Gasteiger partial charge in [0.15, 0.2) is 5.82 Å². The summed E-state index contributed by atoms with van der Waals surface area (Å²) in [5.41, 5.74) is 2.18. The van der Waals surface area contributed by atoms with Crippen molar-refractivity contribution in [2.75, 3.05) is 19.8 Å². The Kier molecular flexibility index (Phi) is 8.26. The van der Waals surface area contributed by atoms with E-state index in [4.69, 9.17) is 19.6 Å². The summed E-state index contributed by atoms with van der Waals surface area (Å²) >= 11 is 0. The van der Waals surface area contributed by atoms with Gasteiger partial charge in [0.1, 0.15) is 18.2 Å². The minimum atomic E-state index is -0.684. The Hall–Kier alpha value is -4.81. The number of ether oxygens (including phenoxy) is 3. The number of hydrogen-bond donors (Lipinski definition) is 2. The quantitative estimate of drug-likeness (QED) is 0.244. The second-order valence-corrected chi connectivity index (χ2v) is 8.17. The van der Waals surface area contributed by atoms with Crippen LogP contribution in [0.5, 0.6) is 5.75 Å². The summed E-state index contributed by atoms with van der Waals surface area (Å²) in [6.07, 6.45) is -0.633. The van der Waals surface area contributed by atoms with Gasteiger partial charge in [-0.2, -0.15) is 4.68 Å². The molecule has 2 N–H and O–H groups in total. The van der Waals surface area contributed by atoms with E-state index in [1.54, 1.807) is 56.3 Å². The maximum absolute atomic E-state index is 13.4. The molecule has 0 unspecified atom stereocenters. The highest BCUT2D eigenvalue weighted by molar-refractivity contribution is 6.04. The molecule has 13 nitrogen and oxygen atoms in total. The molecule has 0 atom stereocenters. The van der Waals surface area contributed by atoms with Crippen molar-refractivity contribution in [3.8, 4) is 11.4 Å². The number of nitrogens with zero attached hydrogens (tertiary/aromatic N) is 5. The fraction of sp³-hybridized carbons (Fsp3) is 0.320. The number of benzene rings is 2. The number of aromatic nitrogens is 4. The topological polar surface area (TPSA) is 162 Å². The van der Waals surface area contributed by atoms with Crippen LogP contribution in [0.15, 0.2) is 42.5 Å². The first-order chi connectivity index (χ1) is 18.4. The van der Waals surface area contributed by atoms with Crippen molar-refractivity contribution in [2.24, 2.45) is 0 Å². The predicted molar refractivity (Wildman–Crippen MR) is 133 cm³/mol. The summed E-state index contributed by atoms with van der Waals surface area (Å²) < 4.78 is 17.2. The van der Waals surface area contributed by atoms with E-state index in [1.807, 2.05) is 0 Å². The molecule has 1 aromatic heterocycles. The van der Waals surface area contributed by atoms with Gasteiger partial charge < -0.3 is 19.1 Å². The van der Waals surface area contributed by atoms with Gasteiger partial charge in [-0.1, -0.05) is 24.3 Å². The lowest BCUT2D eigenvalue weighted by molar-refractivity contribution is -0.143. The highest BCUT2D eigenvalue weighted by atomic mass is 16.5. The molecular weight excluding hydrogens is 494 g/mol. The molecule has 0 fully saturated rings. The first-order valence-electron chi connectivity index (χ1n) is 12.0. The van der Waals surface area contributed by atoms with E-state index in [0.29, 0.717) is 28.4 Å². The zero-order valence-electron chi connectivity index (χ0n) is 21.0. The summed E-state index contributed by atoms with van der Waals surface area (Å²) in [6.45, 7) is 4.39. The Bertz CT molecular complexity index is 1340. The second kappa shape index (κ2) is 12.0. The molecule has 198 valence electrons. The van der Waals surface area contributed by atoms with Crippen molar-refractivity contribution >= 4 is 23.8 Å². The van der Waals surface area contributed by atoms with E-state index < -0.39 is 6.09 Å². The maximum Gasteiger partial charge on any atom is 0.412 e. The van der Waals surface area contributed by atoms with E-state index in [2.05, 4.69) is 20.8 Å². The van der Waals surface area contributed by atoms with Gasteiger partial charge in [-0.15, -0.1) is 5.10 Å². The van der Waals surface area contributed by atoms with Crippen LogP contribution in [-0.2, 0) is 27.4 Å². The van der Waals surface area contributed by atoms with Gasteiger partial charge in [-0.25, -0.2) is 4.79 Å². The van der Waals surface area contributed by atoms with Gasteiger partial charge in [-0.05, 0) is 48.0 Å². The number of amides is 2. The number of alkyl carbamates (subject to hydrolysis) is 1. The third-order valence-electron chi connectivity index (χ3n) is 5.62. The standard InChI is InChI=1S/C25H27N7O6/c1-3-36-22(33)11-12-31-14-21-28-29-30-32(21)20-10-9-18(13-19(20)24(31)34)38-15-16-5-7-17(8-6-16)23(26)27-25(35)37-4-2/h5-10,13H,3-4,11-12,14-15H2,1-2H3,(H2,26,27,35). The molecular formula is C25H27N7O6. The molecule has 0 saturated carbocycles. The van der Waals surface area contributed by atoms with Gasteiger partial charge in [0.2, 0.25) is 0 Å². The molecule has 2 aromatic carbocycles. The zero-order valence-corrected chi connectivity index (χ0v) is 21.0. The van der Waals surface area contributed by atoms with Gasteiger partial charge in [0.25, 0.3) is 5.91 Å². The minimum Gasteiger partial charge on any atom is -0.489 e. The van der Waals surface area contributed by atoms with E-state index in [-0.39, 0.29) is 57.0 Å². The van der Waals surface area contributed by atoms with Crippen LogP contribution in [0.4, 0.5) is 4.79 Å². The number of carbonyl (C=O) groups excluding carboxylic acids is 3. The van der Waals surface area contributed by atoms with Gasteiger partial charge >= 0.3 is 12.1 Å². The van der Waals surface area contributed by atoms with Crippen molar-refractivity contribution in [1.82, 2.24) is 30.4 Å². The second-order valence-electron chi connectivity index (χ2n) is 8.17. The number of carbonyl (C=O) groups is 3. The SMILES string of the molecule is CCOC(=O)CCN1Cc2nnnn2-c2ccc(OCc3ccc(C(=N)NC(=O)OCC)cc3)cc2C1=O. The summed E-state index contributed by atoms with van der Waals surface area (Å²) in [7, 11) is 0. The molecule has 0 saturated heterocycles. The normalized spacial score (nSPS) is 12.2. The lowest BCUT2D eigenvalue weighted by atomic mass is 10.1. The van der Waals surface area contributed by atoms with Crippen LogP contribution in [0.1, 0.15) is 47.6 Å². The van der Waals surface area contributed by atoms with Crippen molar-refractivity contribution in [2.45, 2.75) is 33.4 Å². The molecule has 0 radical (unpaired) electrons. The van der Waals surface area contributed by atoms with Crippen LogP contribution in [0.25, 0.3) is 5.69 Å². The van der Waals surface area contributed by atoms with E-state index in [0.717, 1.165) is 5.56 Å². The number of hydrogen-bond acceptors (Lipinski definition) is 10. The summed E-state index contributed by atoms with van der Waals surface area (Å²) in [5.74, 6) is 0.172. The molecule has 4 rings (SSSR count). The number of rotatable bonds is 9. The Morgan fingerprint density at radius 2 is 1.84 bits per heavy atom. The molecule has 3 aromatic rings. The number of tetrazole rings is 1. The van der Waals surface area contributed by atoms with Crippen LogP contribution in [0, 0.1) is 5.41 Å². The monoisotopic (exact) mass is 521 g/mol. The molecule has 38 heavy (non-hydrogen) atoms. The summed E-state index contributed by atoms with van der Waals surface area (Å²) in [4.78, 5) is 38.3. The summed E-state index contributed by atoms with van der Waals surface area (Å²) in [6, 6.07) is 12.0. The number of amidine groups is 1. The largest absolute Gasteiger partial charge is 0.489 e. The Balaban J connectivity index is 1.46. The van der Waals surface area contributed by atoms with Crippen LogP contribution < -0.4 is 10.1 Å². The van der Waals surface area contributed by atoms with Crippen molar-refractivity contribution < 1.29 is 28.6 Å². The zero-order chi connectivity index (χ0) is 27.1. The van der Waals surface area contributed by atoms with E-state index >= 15 is 0 Å². The van der Waals surface area contributed by atoms with Crippen LogP contribution in [0.3, 0.4) is 0 Å². The third kappa shape index (κ3) is 6.11. The molecule has 0 bridgehead atoms. The maximum atomic E-state index is 13.4. The molecule has 0 spiro atoms. The van der Waals surface area contributed by atoms with Crippen LogP contribution in [0.2, 0.25) is 0 Å². The fourth-order valence-electron chi connectivity index (χ4n) is 3.78. The average Bonchev–Trinajstić information content (AvgIpc) is 3.34. The lowest BCUT2D eigenvalue weighted by Crippen LogP contribution is -2.32. The predicted octanol–water partition coefficient (Wildman–Crippen LogP) is 2.22. The first-order valence-corrected chi connectivity index (χ1v) is 12.0. The molecule has 13 heteroatoms. The molecule has 2 amide bonds. The average molecular weight is 522 g/mol. The van der Waals surface area contributed by atoms with Crippen molar-refractivity contribution in [3.63, 3.8) is 0 Å². The van der Waals surface area contributed by atoms with Crippen molar-refractivity contribution in [1.29, 1.82) is 5.41 Å². The van der Waals surface area contributed by atoms with Gasteiger partial charge in [0.05, 0.1) is 37.4 Å². The van der Waals surface area contributed by atoms with Gasteiger partial charge in [0, 0.05) is 12.1 Å². The highest BCUT2D eigenvalue weighted by Crippen LogP contribution is 2.27. The molecule has 1 aliphatic rings. The molecule has 2 heterocycles. The van der Waals surface area contributed by atoms with E-state index in [1.165, 1.54) is 9.58 Å². The fourth-order valence-corrected chi connectivity index (χ4v) is 3.78. The lowest BCUT2D eigenvalue weighted by Gasteiger charge is -2.19. The first kappa shape index (κ1) is 26.3. The van der Waals surface area contributed by atoms with Crippen LogP contribution in [-0.4, -0.2) is 68.7 Å². The van der Waals surface area contributed by atoms with Crippen molar-refractivity contribution in [3.05, 3.63) is 65.0 Å².